The number of amides is 1. The Morgan fingerprint density at radius 3 is 2.79 bits per heavy atom. The maximum absolute atomic E-state index is 13.0. The lowest BCUT2D eigenvalue weighted by atomic mass is 10.1. The molecule has 136 valence electrons. The van der Waals surface area contributed by atoms with Gasteiger partial charge >= 0.3 is 0 Å². The minimum absolute atomic E-state index is 0.212. The van der Waals surface area contributed by atoms with Crippen LogP contribution in [0, 0.1) is 0 Å². The molecular weight excluding hydrogens is 374 g/mol. The van der Waals surface area contributed by atoms with Gasteiger partial charge in [0.1, 0.15) is 5.58 Å². The maximum atomic E-state index is 13.0. The molecule has 0 radical (unpaired) electrons. The number of nitrogens with one attached hydrogen (secondary N) is 1. The Hall–Kier alpha value is -3.57. The molecule has 0 atom stereocenters. The van der Waals surface area contributed by atoms with Crippen molar-refractivity contribution in [3.8, 4) is 5.69 Å². The fourth-order valence-electron chi connectivity index (χ4n) is 3.36. The van der Waals surface area contributed by atoms with E-state index >= 15 is 0 Å². The third-order valence-corrected chi connectivity index (χ3v) is 4.92. The van der Waals surface area contributed by atoms with Crippen LogP contribution < -0.4 is 5.32 Å². The lowest BCUT2D eigenvalue weighted by molar-refractivity contribution is 0.102. The molecule has 5 nitrogen and oxygen atoms in total. The first-order valence-corrected chi connectivity index (χ1v) is 9.08. The monoisotopic (exact) mass is 387 g/mol. The second-order valence-electron chi connectivity index (χ2n) is 6.37. The van der Waals surface area contributed by atoms with Gasteiger partial charge in [-0.25, -0.2) is 4.98 Å². The number of carbonyl (C=O) groups excluding carboxylic acids is 1. The predicted octanol–water partition coefficient (Wildman–Crippen LogP) is 5.68. The van der Waals surface area contributed by atoms with E-state index in [1.807, 2.05) is 53.2 Å². The highest BCUT2D eigenvalue weighted by atomic mass is 35.5. The molecule has 3 aromatic carbocycles. The average Bonchev–Trinajstić information content (AvgIpc) is 3.37. The number of hydrogen-bond donors (Lipinski definition) is 1. The lowest BCUT2D eigenvalue weighted by Gasteiger charge is -2.09. The summed E-state index contributed by atoms with van der Waals surface area (Å²) in [4.78, 5) is 17.1. The summed E-state index contributed by atoms with van der Waals surface area (Å²) >= 11 is 6.25. The van der Waals surface area contributed by atoms with E-state index in [4.69, 9.17) is 16.0 Å². The van der Waals surface area contributed by atoms with E-state index < -0.39 is 0 Å². The zero-order valence-corrected chi connectivity index (χ0v) is 15.4. The van der Waals surface area contributed by atoms with Crippen molar-refractivity contribution in [3.05, 3.63) is 90.0 Å². The number of anilines is 1. The topological polar surface area (TPSA) is 60.1 Å². The zero-order valence-electron chi connectivity index (χ0n) is 14.6. The number of rotatable bonds is 3. The van der Waals surface area contributed by atoms with Crippen LogP contribution in [0.1, 0.15) is 10.4 Å². The summed E-state index contributed by atoms with van der Waals surface area (Å²) < 4.78 is 7.75. The van der Waals surface area contributed by atoms with Crippen molar-refractivity contribution >= 4 is 45.1 Å². The number of benzene rings is 3. The molecule has 0 unspecified atom stereocenters. The largest absolute Gasteiger partial charge is 0.454 e. The van der Waals surface area contributed by atoms with Crippen LogP contribution in [0.2, 0.25) is 5.02 Å². The second-order valence-corrected chi connectivity index (χ2v) is 6.78. The van der Waals surface area contributed by atoms with E-state index in [-0.39, 0.29) is 5.91 Å². The summed E-state index contributed by atoms with van der Waals surface area (Å²) in [6.07, 6.45) is 5.27. The van der Waals surface area contributed by atoms with E-state index in [9.17, 15) is 4.79 Å². The smallest absolute Gasteiger partial charge is 0.256 e. The van der Waals surface area contributed by atoms with Crippen molar-refractivity contribution < 1.29 is 9.21 Å². The number of carbonyl (C=O) groups is 1. The third-order valence-electron chi connectivity index (χ3n) is 4.63. The van der Waals surface area contributed by atoms with Crippen LogP contribution in [-0.4, -0.2) is 15.5 Å². The second kappa shape index (κ2) is 6.55. The zero-order chi connectivity index (χ0) is 19.1. The predicted molar refractivity (Wildman–Crippen MR) is 110 cm³/mol. The number of para-hydroxylation sites is 1. The van der Waals surface area contributed by atoms with Gasteiger partial charge in [0, 0.05) is 34.5 Å². The first-order chi connectivity index (χ1) is 13.7. The molecule has 0 aliphatic carbocycles. The number of hydrogen-bond acceptors (Lipinski definition) is 3. The van der Waals surface area contributed by atoms with Gasteiger partial charge in [-0.05, 0) is 36.4 Å². The van der Waals surface area contributed by atoms with Crippen molar-refractivity contribution in [3.63, 3.8) is 0 Å². The van der Waals surface area contributed by atoms with Gasteiger partial charge in [0.05, 0.1) is 16.9 Å². The van der Waals surface area contributed by atoms with Crippen LogP contribution >= 0.6 is 11.6 Å². The summed E-state index contributed by atoms with van der Waals surface area (Å²) in [7, 11) is 0. The summed E-state index contributed by atoms with van der Waals surface area (Å²) in [6.45, 7) is 0. The Morgan fingerprint density at radius 1 is 1.07 bits per heavy atom. The highest BCUT2D eigenvalue weighted by Gasteiger charge is 2.17. The van der Waals surface area contributed by atoms with Gasteiger partial charge in [0.15, 0.2) is 5.58 Å². The first-order valence-electron chi connectivity index (χ1n) is 8.70. The highest BCUT2D eigenvalue weighted by Crippen LogP contribution is 2.35. The number of aromatic nitrogens is 2. The molecular formula is C22H14ClN3O2. The molecule has 0 spiro atoms. The maximum Gasteiger partial charge on any atom is 0.256 e. The summed E-state index contributed by atoms with van der Waals surface area (Å²) in [5, 5.41) is 5.07. The highest BCUT2D eigenvalue weighted by molar-refractivity contribution is 6.36. The van der Waals surface area contributed by atoms with E-state index in [1.165, 1.54) is 0 Å². The standard InChI is InChI=1S/C22H14ClN3O2/c23-18-8-2-6-16-20-17(7-3-9-19(20)28-21(16)18)22(27)25-14-4-1-5-15(12-14)26-11-10-24-13-26/h1-13H,(H,25,27). The van der Waals surface area contributed by atoms with E-state index in [0.717, 1.165) is 16.5 Å². The normalized spacial score (nSPS) is 11.2. The van der Waals surface area contributed by atoms with Crippen LogP contribution in [0.15, 0.2) is 83.8 Å². The average molecular weight is 388 g/mol. The number of imidazole rings is 1. The Kier molecular flexibility index (Phi) is 3.88. The minimum Gasteiger partial charge on any atom is -0.454 e. The molecule has 1 amide bonds. The van der Waals surface area contributed by atoms with Crippen LogP contribution in [-0.2, 0) is 0 Å². The van der Waals surface area contributed by atoms with Crippen LogP contribution in [0.25, 0.3) is 27.6 Å². The number of halogens is 1. The van der Waals surface area contributed by atoms with Crippen molar-refractivity contribution in [1.29, 1.82) is 0 Å². The number of furan rings is 1. The Labute approximate surface area is 165 Å². The van der Waals surface area contributed by atoms with Crippen LogP contribution in [0.3, 0.4) is 0 Å². The van der Waals surface area contributed by atoms with Crippen LogP contribution in [0.5, 0.6) is 0 Å². The molecule has 0 fully saturated rings. The number of nitrogens with zero attached hydrogens (tertiary/aromatic N) is 2. The Morgan fingerprint density at radius 2 is 1.93 bits per heavy atom. The SMILES string of the molecule is O=C(Nc1cccc(-n2ccnc2)c1)c1cccc2oc3c(Cl)cccc3c12. The molecule has 6 heteroatoms. The van der Waals surface area contributed by atoms with E-state index in [2.05, 4.69) is 10.3 Å². The molecule has 0 saturated carbocycles. The van der Waals surface area contributed by atoms with Crippen molar-refractivity contribution in [1.82, 2.24) is 9.55 Å². The molecule has 0 aliphatic rings. The van der Waals surface area contributed by atoms with E-state index in [0.29, 0.717) is 27.4 Å². The summed E-state index contributed by atoms with van der Waals surface area (Å²) in [5.74, 6) is -0.212. The van der Waals surface area contributed by atoms with E-state index in [1.54, 1.807) is 30.7 Å². The van der Waals surface area contributed by atoms with Gasteiger partial charge in [-0.3, -0.25) is 4.79 Å². The molecule has 0 bridgehead atoms. The summed E-state index contributed by atoms with van der Waals surface area (Å²) in [5.41, 5.74) is 3.35. The van der Waals surface area contributed by atoms with Crippen molar-refractivity contribution in [2.75, 3.05) is 5.32 Å². The van der Waals surface area contributed by atoms with Crippen molar-refractivity contribution in [2.24, 2.45) is 0 Å². The Balaban J connectivity index is 1.56. The van der Waals surface area contributed by atoms with Gasteiger partial charge in [0.25, 0.3) is 5.91 Å². The molecule has 0 aliphatic heterocycles. The van der Waals surface area contributed by atoms with Gasteiger partial charge in [-0.1, -0.05) is 35.9 Å². The molecule has 28 heavy (non-hydrogen) atoms. The molecule has 5 aromatic rings. The van der Waals surface area contributed by atoms with Gasteiger partial charge in [-0.15, -0.1) is 0 Å². The lowest BCUT2D eigenvalue weighted by Crippen LogP contribution is -2.12. The molecule has 2 heterocycles. The molecule has 1 N–H and O–H groups in total. The minimum atomic E-state index is -0.212. The Bertz CT molecular complexity index is 1320. The number of fused-ring (bicyclic) bond motifs is 3. The molecule has 2 aromatic heterocycles. The van der Waals surface area contributed by atoms with Crippen molar-refractivity contribution in [2.45, 2.75) is 0 Å². The molecule has 0 saturated heterocycles. The molecule has 5 rings (SSSR count). The van der Waals surface area contributed by atoms with Gasteiger partial charge in [0.2, 0.25) is 0 Å². The van der Waals surface area contributed by atoms with Crippen LogP contribution in [0.4, 0.5) is 5.69 Å². The third kappa shape index (κ3) is 2.73. The fraction of sp³-hybridized carbons (Fsp3) is 0. The summed E-state index contributed by atoms with van der Waals surface area (Å²) in [6, 6.07) is 18.5. The quantitative estimate of drug-likeness (QED) is 0.433. The fourth-order valence-corrected chi connectivity index (χ4v) is 3.57. The van der Waals surface area contributed by atoms with Gasteiger partial charge < -0.3 is 14.3 Å². The van der Waals surface area contributed by atoms with Gasteiger partial charge in [-0.2, -0.15) is 0 Å². The first kappa shape index (κ1) is 16.6.